The van der Waals surface area contributed by atoms with Crippen molar-refractivity contribution in [2.24, 2.45) is 0 Å². The summed E-state index contributed by atoms with van der Waals surface area (Å²) >= 11 is 1.23. The van der Waals surface area contributed by atoms with Crippen molar-refractivity contribution in [3.05, 3.63) is 60.2 Å². The Bertz CT molecular complexity index is 912. The number of amides is 1. The molecular formula is C18H17N5O3S. The summed E-state index contributed by atoms with van der Waals surface area (Å²) in [5, 5.41) is 14.9. The highest BCUT2D eigenvalue weighted by atomic mass is 32.2. The Balaban J connectivity index is 1.56. The van der Waals surface area contributed by atoms with Gasteiger partial charge >= 0.3 is 5.97 Å². The lowest BCUT2D eigenvalue weighted by molar-refractivity contribution is -0.113. The summed E-state index contributed by atoms with van der Waals surface area (Å²) < 4.78 is 6.50. The minimum absolute atomic E-state index is 0.146. The van der Waals surface area contributed by atoms with Gasteiger partial charge in [-0.2, -0.15) is 4.68 Å². The summed E-state index contributed by atoms with van der Waals surface area (Å²) in [5.74, 6) is -0.447. The third kappa shape index (κ3) is 4.91. The largest absolute Gasteiger partial charge is 0.462 e. The molecule has 0 spiro atoms. The van der Waals surface area contributed by atoms with E-state index >= 15 is 0 Å². The molecular weight excluding hydrogens is 366 g/mol. The second-order valence-electron chi connectivity index (χ2n) is 5.34. The number of rotatable bonds is 7. The second-order valence-corrected chi connectivity index (χ2v) is 6.29. The molecule has 1 amide bonds. The average Bonchev–Trinajstić information content (AvgIpc) is 3.16. The van der Waals surface area contributed by atoms with Crippen molar-refractivity contribution in [3.63, 3.8) is 0 Å². The number of esters is 1. The molecule has 0 aliphatic carbocycles. The second kappa shape index (κ2) is 8.95. The number of nitrogens with one attached hydrogen (secondary N) is 1. The maximum Gasteiger partial charge on any atom is 0.338 e. The van der Waals surface area contributed by atoms with Crippen LogP contribution in [0.3, 0.4) is 0 Å². The van der Waals surface area contributed by atoms with Crippen molar-refractivity contribution in [1.29, 1.82) is 0 Å². The number of hydrogen-bond donors (Lipinski definition) is 1. The van der Waals surface area contributed by atoms with Crippen molar-refractivity contribution >= 4 is 29.3 Å². The van der Waals surface area contributed by atoms with Crippen LogP contribution < -0.4 is 5.32 Å². The lowest BCUT2D eigenvalue weighted by Gasteiger charge is -2.07. The third-order valence-electron chi connectivity index (χ3n) is 3.45. The van der Waals surface area contributed by atoms with Crippen molar-refractivity contribution in [1.82, 2.24) is 20.2 Å². The van der Waals surface area contributed by atoms with Gasteiger partial charge in [-0.05, 0) is 53.7 Å². The van der Waals surface area contributed by atoms with Gasteiger partial charge in [-0.25, -0.2) is 4.79 Å². The monoisotopic (exact) mass is 383 g/mol. The number of tetrazole rings is 1. The summed E-state index contributed by atoms with van der Waals surface area (Å²) in [6.45, 7) is 2.06. The van der Waals surface area contributed by atoms with Gasteiger partial charge in [-0.1, -0.05) is 30.0 Å². The molecule has 0 atom stereocenters. The molecule has 0 radical (unpaired) electrons. The molecule has 3 aromatic rings. The molecule has 1 aromatic heterocycles. The summed E-state index contributed by atoms with van der Waals surface area (Å²) in [7, 11) is 0. The molecule has 0 aliphatic heterocycles. The van der Waals surface area contributed by atoms with Gasteiger partial charge in [-0.3, -0.25) is 4.79 Å². The molecule has 0 fully saturated rings. The predicted molar refractivity (Wildman–Crippen MR) is 101 cm³/mol. The summed E-state index contributed by atoms with van der Waals surface area (Å²) in [6.07, 6.45) is 0. The van der Waals surface area contributed by atoms with Crippen LogP contribution in [-0.2, 0) is 9.53 Å². The number of ether oxygens (including phenoxy) is 1. The Morgan fingerprint density at radius 1 is 1.11 bits per heavy atom. The number of thioether (sulfide) groups is 1. The molecule has 138 valence electrons. The highest BCUT2D eigenvalue weighted by molar-refractivity contribution is 7.99. The van der Waals surface area contributed by atoms with E-state index in [0.717, 1.165) is 5.69 Å². The van der Waals surface area contributed by atoms with Crippen LogP contribution in [0.1, 0.15) is 17.3 Å². The van der Waals surface area contributed by atoms with Crippen molar-refractivity contribution in [2.45, 2.75) is 12.1 Å². The van der Waals surface area contributed by atoms with E-state index in [4.69, 9.17) is 4.74 Å². The average molecular weight is 383 g/mol. The van der Waals surface area contributed by atoms with Crippen LogP contribution in [0.4, 0.5) is 5.69 Å². The van der Waals surface area contributed by atoms with E-state index in [0.29, 0.717) is 23.0 Å². The van der Waals surface area contributed by atoms with Crippen LogP contribution in [0, 0.1) is 0 Å². The molecule has 0 aliphatic rings. The Kier molecular flexibility index (Phi) is 6.16. The van der Waals surface area contributed by atoms with E-state index in [-0.39, 0.29) is 11.7 Å². The quantitative estimate of drug-likeness (QED) is 0.494. The number of anilines is 1. The highest BCUT2D eigenvalue weighted by Crippen LogP contribution is 2.18. The summed E-state index contributed by atoms with van der Waals surface area (Å²) in [4.78, 5) is 23.8. The molecule has 0 bridgehead atoms. The van der Waals surface area contributed by atoms with Crippen molar-refractivity contribution in [2.75, 3.05) is 17.7 Å². The summed E-state index contributed by atoms with van der Waals surface area (Å²) in [6, 6.07) is 16.0. The van der Waals surface area contributed by atoms with E-state index in [9.17, 15) is 9.59 Å². The number of carbonyl (C=O) groups excluding carboxylic acids is 2. The maximum atomic E-state index is 12.2. The Labute approximate surface area is 159 Å². The first-order valence-electron chi connectivity index (χ1n) is 8.21. The SMILES string of the molecule is CCOC(=O)c1ccc(NC(=O)CSc2nnnn2-c2ccccc2)cc1. The van der Waals surface area contributed by atoms with Crippen LogP contribution >= 0.6 is 11.8 Å². The van der Waals surface area contributed by atoms with Gasteiger partial charge in [0.2, 0.25) is 11.1 Å². The number of carbonyl (C=O) groups is 2. The molecule has 27 heavy (non-hydrogen) atoms. The van der Waals surface area contributed by atoms with Gasteiger partial charge in [0.05, 0.1) is 23.6 Å². The fraction of sp³-hybridized carbons (Fsp3) is 0.167. The first kappa shape index (κ1) is 18.6. The molecule has 0 saturated heterocycles. The topological polar surface area (TPSA) is 99.0 Å². The number of hydrogen-bond acceptors (Lipinski definition) is 7. The minimum Gasteiger partial charge on any atom is -0.462 e. The van der Waals surface area contributed by atoms with Gasteiger partial charge in [0.15, 0.2) is 0 Å². The summed E-state index contributed by atoms with van der Waals surface area (Å²) in [5.41, 5.74) is 1.85. The molecule has 9 heteroatoms. The van der Waals surface area contributed by atoms with Crippen molar-refractivity contribution in [3.8, 4) is 5.69 Å². The predicted octanol–water partition coefficient (Wildman–Crippen LogP) is 2.57. The van der Waals surface area contributed by atoms with Crippen LogP contribution in [0.5, 0.6) is 0 Å². The molecule has 1 heterocycles. The Hall–Kier alpha value is -3.20. The fourth-order valence-corrected chi connectivity index (χ4v) is 2.92. The van der Waals surface area contributed by atoms with Crippen molar-refractivity contribution < 1.29 is 14.3 Å². The standard InChI is InChI=1S/C18H17N5O3S/c1-2-26-17(25)13-8-10-14(11-9-13)19-16(24)12-27-18-20-21-22-23(18)15-6-4-3-5-7-15/h3-11H,2,12H2,1H3,(H,19,24). The fourth-order valence-electron chi connectivity index (χ4n) is 2.23. The smallest absolute Gasteiger partial charge is 0.338 e. The lowest BCUT2D eigenvalue weighted by atomic mass is 10.2. The Morgan fingerprint density at radius 2 is 1.85 bits per heavy atom. The van der Waals surface area contributed by atoms with Gasteiger partial charge in [0.25, 0.3) is 0 Å². The zero-order valence-corrected chi connectivity index (χ0v) is 15.3. The van der Waals surface area contributed by atoms with Gasteiger partial charge < -0.3 is 10.1 Å². The van der Waals surface area contributed by atoms with E-state index in [1.165, 1.54) is 11.8 Å². The van der Waals surface area contributed by atoms with Crippen LogP contribution in [0.15, 0.2) is 59.8 Å². The third-order valence-corrected chi connectivity index (χ3v) is 4.37. The molecule has 0 unspecified atom stereocenters. The Morgan fingerprint density at radius 3 is 2.56 bits per heavy atom. The molecule has 0 saturated carbocycles. The van der Waals surface area contributed by atoms with Crippen LogP contribution in [-0.4, -0.2) is 44.4 Å². The van der Waals surface area contributed by atoms with Gasteiger partial charge in [-0.15, -0.1) is 5.10 Å². The van der Waals surface area contributed by atoms with E-state index in [1.807, 2.05) is 30.3 Å². The first-order chi connectivity index (χ1) is 13.2. The minimum atomic E-state index is -0.390. The maximum absolute atomic E-state index is 12.2. The van der Waals surface area contributed by atoms with Gasteiger partial charge in [0.1, 0.15) is 0 Å². The van der Waals surface area contributed by atoms with Crippen LogP contribution in [0.25, 0.3) is 5.69 Å². The first-order valence-corrected chi connectivity index (χ1v) is 9.19. The molecule has 8 nitrogen and oxygen atoms in total. The highest BCUT2D eigenvalue weighted by Gasteiger charge is 2.12. The van der Waals surface area contributed by atoms with E-state index in [1.54, 1.807) is 35.9 Å². The molecule has 2 aromatic carbocycles. The zero-order valence-electron chi connectivity index (χ0n) is 14.5. The number of aromatic nitrogens is 4. The number of para-hydroxylation sites is 1. The van der Waals surface area contributed by atoms with E-state index in [2.05, 4.69) is 20.8 Å². The van der Waals surface area contributed by atoms with E-state index < -0.39 is 5.97 Å². The normalized spacial score (nSPS) is 10.4. The van der Waals surface area contributed by atoms with Crippen LogP contribution in [0.2, 0.25) is 0 Å². The molecule has 3 rings (SSSR count). The number of nitrogens with zero attached hydrogens (tertiary/aromatic N) is 4. The number of benzene rings is 2. The zero-order chi connectivity index (χ0) is 19.1. The lowest BCUT2D eigenvalue weighted by Crippen LogP contribution is -2.15. The molecule has 1 N–H and O–H groups in total. The van der Waals surface area contributed by atoms with Gasteiger partial charge in [0, 0.05) is 5.69 Å².